The van der Waals surface area contributed by atoms with Crippen LogP contribution in [0.5, 0.6) is 5.75 Å². The number of para-hydroxylation sites is 1. The van der Waals surface area contributed by atoms with Gasteiger partial charge in [-0.25, -0.2) is 4.79 Å². The number of hydrogen-bond acceptors (Lipinski definition) is 5. The Balaban J connectivity index is 2.16. The van der Waals surface area contributed by atoms with Crippen LogP contribution in [-0.2, 0) is 11.3 Å². The lowest BCUT2D eigenvalue weighted by Crippen LogP contribution is -2.07. The van der Waals surface area contributed by atoms with Crippen molar-refractivity contribution >= 4 is 23.0 Å². The number of nitrogens with two attached hydrogens (primary N) is 1. The molecule has 4 nitrogen and oxygen atoms in total. The number of carbonyl (C=O) groups is 1. The molecule has 1 aromatic heterocycles. The molecule has 0 bridgehead atoms. The molecule has 0 aliphatic carbocycles. The molecule has 0 aliphatic rings. The van der Waals surface area contributed by atoms with Gasteiger partial charge in [0.15, 0.2) is 0 Å². The summed E-state index contributed by atoms with van der Waals surface area (Å²) in [6, 6.07) is 8.99. The van der Waals surface area contributed by atoms with Gasteiger partial charge in [-0.2, -0.15) is 0 Å². The number of ether oxygens (including phenoxy) is 2. The van der Waals surface area contributed by atoms with Gasteiger partial charge in [-0.05, 0) is 23.6 Å². The maximum Gasteiger partial charge on any atom is 0.340 e. The highest BCUT2D eigenvalue weighted by molar-refractivity contribution is 7.09. The topological polar surface area (TPSA) is 61.5 Å². The fourth-order valence-corrected chi connectivity index (χ4v) is 2.12. The number of methoxy groups -OCH3 is 1. The second-order valence-corrected chi connectivity index (χ2v) is 4.61. The minimum atomic E-state index is -0.464. The number of anilines is 1. The largest absolute Gasteiger partial charge is 0.486 e. The van der Waals surface area contributed by atoms with Crippen LogP contribution in [0.2, 0.25) is 0 Å². The van der Waals surface area contributed by atoms with Gasteiger partial charge < -0.3 is 15.2 Å². The average Bonchev–Trinajstić information content (AvgIpc) is 2.90. The second kappa shape index (κ2) is 5.55. The molecule has 18 heavy (non-hydrogen) atoms. The standard InChI is InChI=1S/C13H13NO3S/c1-16-13(15)10-5-2-6-11(12(10)14)17-8-9-4-3-7-18-9/h2-7H,8,14H2,1H3. The summed E-state index contributed by atoms with van der Waals surface area (Å²) in [6.45, 7) is 0.437. The average molecular weight is 263 g/mol. The molecule has 0 atom stereocenters. The SMILES string of the molecule is COC(=O)c1cccc(OCc2cccs2)c1N. The predicted octanol–water partition coefficient (Wildman–Crippen LogP) is 2.70. The Labute approximate surface area is 109 Å². The third-order valence-corrected chi connectivity index (χ3v) is 3.27. The van der Waals surface area contributed by atoms with E-state index in [1.165, 1.54) is 7.11 Å². The molecule has 0 amide bonds. The van der Waals surface area contributed by atoms with Crippen molar-refractivity contribution in [2.75, 3.05) is 12.8 Å². The van der Waals surface area contributed by atoms with E-state index in [0.29, 0.717) is 23.6 Å². The molecular formula is C13H13NO3S. The summed E-state index contributed by atoms with van der Waals surface area (Å²) in [5.74, 6) is 0.0281. The van der Waals surface area contributed by atoms with E-state index in [1.54, 1.807) is 29.5 Å². The van der Waals surface area contributed by atoms with E-state index in [-0.39, 0.29) is 0 Å². The summed E-state index contributed by atoms with van der Waals surface area (Å²) in [6.07, 6.45) is 0. The van der Waals surface area contributed by atoms with E-state index in [1.807, 2.05) is 17.5 Å². The van der Waals surface area contributed by atoms with Gasteiger partial charge in [-0.15, -0.1) is 11.3 Å². The molecule has 1 heterocycles. The van der Waals surface area contributed by atoms with Gasteiger partial charge >= 0.3 is 5.97 Å². The smallest absolute Gasteiger partial charge is 0.340 e. The van der Waals surface area contributed by atoms with Gasteiger partial charge in [-0.3, -0.25) is 0 Å². The van der Waals surface area contributed by atoms with Gasteiger partial charge in [0.25, 0.3) is 0 Å². The summed E-state index contributed by atoms with van der Waals surface area (Å²) in [4.78, 5) is 12.6. The van der Waals surface area contributed by atoms with Crippen LogP contribution in [0.25, 0.3) is 0 Å². The predicted molar refractivity (Wildman–Crippen MR) is 70.8 cm³/mol. The normalized spacial score (nSPS) is 10.1. The minimum absolute atomic E-state index is 0.306. The van der Waals surface area contributed by atoms with E-state index >= 15 is 0 Å². The fourth-order valence-electron chi connectivity index (χ4n) is 1.50. The molecule has 1 aromatic carbocycles. The molecule has 0 fully saturated rings. The van der Waals surface area contributed by atoms with Crippen LogP contribution in [0.4, 0.5) is 5.69 Å². The Kier molecular flexibility index (Phi) is 3.84. The Morgan fingerprint density at radius 1 is 1.33 bits per heavy atom. The van der Waals surface area contributed by atoms with Crippen molar-refractivity contribution < 1.29 is 14.3 Å². The Morgan fingerprint density at radius 2 is 2.17 bits per heavy atom. The number of nitrogen functional groups attached to an aromatic ring is 1. The molecule has 0 saturated carbocycles. The second-order valence-electron chi connectivity index (χ2n) is 3.58. The van der Waals surface area contributed by atoms with E-state index in [2.05, 4.69) is 4.74 Å². The van der Waals surface area contributed by atoms with Crippen LogP contribution in [0.15, 0.2) is 35.7 Å². The van der Waals surface area contributed by atoms with Gasteiger partial charge in [-0.1, -0.05) is 12.1 Å². The Morgan fingerprint density at radius 3 is 2.83 bits per heavy atom. The minimum Gasteiger partial charge on any atom is -0.486 e. The van der Waals surface area contributed by atoms with Crippen LogP contribution < -0.4 is 10.5 Å². The number of thiophene rings is 1. The molecule has 0 radical (unpaired) electrons. The first-order valence-corrected chi connectivity index (χ1v) is 6.22. The van der Waals surface area contributed by atoms with Crippen molar-refractivity contribution in [1.29, 1.82) is 0 Å². The number of carbonyl (C=O) groups excluding carboxylic acids is 1. The first-order chi connectivity index (χ1) is 8.72. The quantitative estimate of drug-likeness (QED) is 0.680. The van der Waals surface area contributed by atoms with Crippen molar-refractivity contribution in [2.24, 2.45) is 0 Å². The number of rotatable bonds is 4. The fraction of sp³-hybridized carbons (Fsp3) is 0.154. The van der Waals surface area contributed by atoms with Crippen molar-refractivity contribution in [3.8, 4) is 5.75 Å². The molecule has 0 spiro atoms. The van der Waals surface area contributed by atoms with Crippen molar-refractivity contribution in [2.45, 2.75) is 6.61 Å². The molecule has 0 aliphatic heterocycles. The summed E-state index contributed by atoms with van der Waals surface area (Å²) < 4.78 is 10.2. The lowest BCUT2D eigenvalue weighted by Gasteiger charge is -2.10. The van der Waals surface area contributed by atoms with E-state index in [9.17, 15) is 4.79 Å². The van der Waals surface area contributed by atoms with Crippen molar-refractivity contribution in [3.63, 3.8) is 0 Å². The summed E-state index contributed by atoms with van der Waals surface area (Å²) in [5.41, 5.74) is 6.50. The zero-order valence-corrected chi connectivity index (χ0v) is 10.7. The molecule has 2 aromatic rings. The molecule has 2 rings (SSSR count). The van der Waals surface area contributed by atoms with Crippen molar-refractivity contribution in [1.82, 2.24) is 0 Å². The highest BCUT2D eigenvalue weighted by atomic mass is 32.1. The molecule has 5 heteroatoms. The van der Waals surface area contributed by atoms with Gasteiger partial charge in [0.1, 0.15) is 12.4 Å². The van der Waals surface area contributed by atoms with Gasteiger partial charge in [0.05, 0.1) is 18.4 Å². The first-order valence-electron chi connectivity index (χ1n) is 5.34. The summed E-state index contributed by atoms with van der Waals surface area (Å²) in [7, 11) is 1.32. The number of benzene rings is 1. The van der Waals surface area contributed by atoms with Crippen LogP contribution in [0.1, 0.15) is 15.2 Å². The molecular weight excluding hydrogens is 250 g/mol. The van der Waals surface area contributed by atoms with Crippen LogP contribution in [0, 0.1) is 0 Å². The van der Waals surface area contributed by atoms with Crippen molar-refractivity contribution in [3.05, 3.63) is 46.2 Å². The first kappa shape index (κ1) is 12.4. The summed E-state index contributed by atoms with van der Waals surface area (Å²) >= 11 is 1.61. The zero-order valence-electron chi connectivity index (χ0n) is 9.88. The van der Waals surface area contributed by atoms with E-state index in [4.69, 9.17) is 10.5 Å². The Bertz CT molecular complexity index is 537. The molecule has 0 saturated heterocycles. The zero-order chi connectivity index (χ0) is 13.0. The van der Waals surface area contributed by atoms with E-state index in [0.717, 1.165) is 4.88 Å². The van der Waals surface area contributed by atoms with Crippen LogP contribution >= 0.6 is 11.3 Å². The van der Waals surface area contributed by atoms with Gasteiger partial charge in [0.2, 0.25) is 0 Å². The maximum atomic E-state index is 11.5. The number of esters is 1. The van der Waals surface area contributed by atoms with Crippen LogP contribution in [0.3, 0.4) is 0 Å². The third-order valence-electron chi connectivity index (χ3n) is 2.42. The molecule has 0 unspecified atom stereocenters. The highest BCUT2D eigenvalue weighted by Crippen LogP contribution is 2.27. The lowest BCUT2D eigenvalue weighted by molar-refractivity contribution is 0.0601. The summed E-state index contributed by atoms with van der Waals surface area (Å²) in [5, 5.41) is 1.98. The Hall–Kier alpha value is -2.01. The van der Waals surface area contributed by atoms with E-state index < -0.39 is 5.97 Å². The molecule has 94 valence electrons. The monoisotopic (exact) mass is 263 g/mol. The van der Waals surface area contributed by atoms with Crippen LogP contribution in [-0.4, -0.2) is 13.1 Å². The third kappa shape index (κ3) is 2.62. The number of hydrogen-bond donors (Lipinski definition) is 1. The maximum absolute atomic E-state index is 11.5. The lowest BCUT2D eigenvalue weighted by atomic mass is 10.1. The molecule has 2 N–H and O–H groups in total. The highest BCUT2D eigenvalue weighted by Gasteiger charge is 2.13. The van der Waals surface area contributed by atoms with Gasteiger partial charge in [0, 0.05) is 4.88 Å².